The Balaban J connectivity index is 0.00000450. The maximum atomic E-state index is 5.92. The molecule has 1 N–H and O–H groups in total. The van der Waals surface area contributed by atoms with Crippen LogP contribution in [0.2, 0.25) is 0 Å². The van der Waals surface area contributed by atoms with Crippen LogP contribution in [0.15, 0.2) is 29.3 Å². The summed E-state index contributed by atoms with van der Waals surface area (Å²) in [5.41, 5.74) is 1.18. The summed E-state index contributed by atoms with van der Waals surface area (Å²) in [5, 5.41) is 3.48. The van der Waals surface area contributed by atoms with E-state index in [1.54, 1.807) is 7.11 Å². The van der Waals surface area contributed by atoms with Gasteiger partial charge in [0.15, 0.2) is 5.96 Å². The number of likely N-dealkylation sites (tertiary alicyclic amines) is 1. The number of rotatable bonds is 11. The average molecular weight is 534 g/mol. The zero-order valence-corrected chi connectivity index (χ0v) is 21.3. The molecule has 1 aromatic carbocycles. The van der Waals surface area contributed by atoms with Crippen LogP contribution in [0.5, 0.6) is 5.75 Å². The van der Waals surface area contributed by atoms with E-state index in [-0.39, 0.29) is 24.0 Å². The van der Waals surface area contributed by atoms with E-state index in [1.807, 2.05) is 19.2 Å². The molecular weight excluding hydrogens is 495 g/mol. The molecule has 7 nitrogen and oxygen atoms in total. The second kappa shape index (κ2) is 15.7. The summed E-state index contributed by atoms with van der Waals surface area (Å²) < 4.78 is 16.8. The highest BCUT2D eigenvalue weighted by atomic mass is 127. The lowest BCUT2D eigenvalue weighted by Gasteiger charge is -2.34. The highest BCUT2D eigenvalue weighted by molar-refractivity contribution is 14.0. The zero-order valence-electron chi connectivity index (χ0n) is 18.9. The molecule has 1 fully saturated rings. The maximum Gasteiger partial charge on any atom is 0.193 e. The number of piperidine rings is 1. The van der Waals surface area contributed by atoms with Crippen molar-refractivity contribution in [3.8, 4) is 5.75 Å². The molecule has 0 bridgehead atoms. The first kappa shape index (κ1) is 26.9. The van der Waals surface area contributed by atoms with E-state index in [0.29, 0.717) is 12.7 Å². The summed E-state index contributed by atoms with van der Waals surface area (Å²) >= 11 is 0. The Morgan fingerprint density at radius 1 is 1.23 bits per heavy atom. The van der Waals surface area contributed by atoms with E-state index in [9.17, 15) is 0 Å². The predicted molar refractivity (Wildman–Crippen MR) is 133 cm³/mol. The number of halogens is 1. The molecule has 1 aliphatic rings. The summed E-state index contributed by atoms with van der Waals surface area (Å²) in [6, 6.07) is 8.25. The third-order valence-electron chi connectivity index (χ3n) is 5.12. The van der Waals surface area contributed by atoms with Crippen molar-refractivity contribution in [3.63, 3.8) is 0 Å². The Labute approximate surface area is 199 Å². The Kier molecular flexibility index (Phi) is 14.1. The normalized spacial score (nSPS) is 15.2. The van der Waals surface area contributed by atoms with Gasteiger partial charge in [0.05, 0.1) is 12.7 Å². The number of nitrogens with zero attached hydrogens (tertiary/aromatic N) is 3. The van der Waals surface area contributed by atoms with Crippen molar-refractivity contribution in [1.82, 2.24) is 15.1 Å². The highest BCUT2D eigenvalue weighted by Gasteiger charge is 2.21. The molecule has 0 saturated carbocycles. The van der Waals surface area contributed by atoms with Gasteiger partial charge in [0, 0.05) is 53.5 Å². The Morgan fingerprint density at radius 2 is 1.97 bits per heavy atom. The van der Waals surface area contributed by atoms with Gasteiger partial charge in [-0.25, -0.2) is 0 Å². The van der Waals surface area contributed by atoms with Gasteiger partial charge in [-0.15, -0.1) is 24.0 Å². The van der Waals surface area contributed by atoms with Crippen molar-refractivity contribution in [2.45, 2.75) is 32.4 Å². The smallest absolute Gasteiger partial charge is 0.193 e. The molecule has 8 heteroatoms. The van der Waals surface area contributed by atoms with E-state index in [1.165, 1.54) is 5.56 Å². The third kappa shape index (κ3) is 9.80. The Hall–Kier alpha value is -1.10. The summed E-state index contributed by atoms with van der Waals surface area (Å²) in [7, 11) is 5.64. The predicted octanol–water partition coefficient (Wildman–Crippen LogP) is 2.84. The van der Waals surface area contributed by atoms with E-state index >= 15 is 0 Å². The van der Waals surface area contributed by atoms with Crippen molar-refractivity contribution in [2.24, 2.45) is 4.99 Å². The van der Waals surface area contributed by atoms with Gasteiger partial charge in [0.25, 0.3) is 0 Å². The third-order valence-corrected chi connectivity index (χ3v) is 5.12. The fourth-order valence-corrected chi connectivity index (χ4v) is 3.41. The average Bonchev–Trinajstić information content (AvgIpc) is 2.74. The first-order valence-electron chi connectivity index (χ1n) is 10.6. The number of benzene rings is 1. The Morgan fingerprint density at radius 3 is 2.63 bits per heavy atom. The molecule has 1 heterocycles. The minimum atomic E-state index is 0. The molecule has 0 spiro atoms. The molecule has 1 aliphatic heterocycles. The maximum absolute atomic E-state index is 5.92. The van der Waals surface area contributed by atoms with Crippen molar-refractivity contribution in [3.05, 3.63) is 29.8 Å². The molecule has 1 aromatic rings. The molecule has 2 rings (SSSR count). The van der Waals surface area contributed by atoms with Crippen LogP contribution in [0.1, 0.15) is 25.3 Å². The molecule has 172 valence electrons. The van der Waals surface area contributed by atoms with E-state index in [0.717, 1.165) is 70.5 Å². The van der Waals surface area contributed by atoms with E-state index < -0.39 is 0 Å². The number of methoxy groups -OCH3 is 1. The zero-order chi connectivity index (χ0) is 20.9. The summed E-state index contributed by atoms with van der Waals surface area (Å²) in [4.78, 5) is 8.97. The number of hydrogen-bond donors (Lipinski definition) is 1. The van der Waals surface area contributed by atoms with Gasteiger partial charge in [-0.3, -0.25) is 4.99 Å². The fraction of sp³-hybridized carbons (Fsp3) is 0.682. The van der Waals surface area contributed by atoms with Crippen molar-refractivity contribution >= 4 is 29.9 Å². The molecule has 0 unspecified atom stereocenters. The number of likely N-dealkylation sites (N-methyl/N-ethyl adjacent to an activating group) is 1. The van der Waals surface area contributed by atoms with Gasteiger partial charge in [-0.2, -0.15) is 0 Å². The van der Waals surface area contributed by atoms with Gasteiger partial charge in [0.2, 0.25) is 0 Å². The molecule has 30 heavy (non-hydrogen) atoms. The van der Waals surface area contributed by atoms with Gasteiger partial charge in [-0.1, -0.05) is 12.1 Å². The first-order chi connectivity index (χ1) is 14.2. The van der Waals surface area contributed by atoms with E-state index in [2.05, 4.69) is 46.2 Å². The number of aliphatic imine (C=N–C) groups is 1. The molecule has 0 aromatic heterocycles. The van der Waals surface area contributed by atoms with Gasteiger partial charge < -0.3 is 29.3 Å². The largest absolute Gasteiger partial charge is 0.492 e. The highest BCUT2D eigenvalue weighted by Crippen LogP contribution is 2.15. The van der Waals surface area contributed by atoms with Crippen molar-refractivity contribution in [1.29, 1.82) is 0 Å². The molecule has 0 radical (unpaired) electrons. The SMILES string of the molecule is CCOC1CCN(C(=NC)NCc2cccc(OCCN(C)CCOC)c2)CC1.I. The molecular formula is C22H39IN4O3. The second-order valence-electron chi connectivity index (χ2n) is 7.33. The van der Waals surface area contributed by atoms with Crippen LogP contribution in [0.25, 0.3) is 0 Å². The van der Waals surface area contributed by atoms with Crippen molar-refractivity contribution in [2.75, 3.05) is 67.2 Å². The first-order valence-corrected chi connectivity index (χ1v) is 10.6. The van der Waals surface area contributed by atoms with Crippen LogP contribution >= 0.6 is 24.0 Å². The van der Waals surface area contributed by atoms with Gasteiger partial charge in [-0.05, 0) is 44.5 Å². The van der Waals surface area contributed by atoms with Crippen LogP contribution in [0.3, 0.4) is 0 Å². The monoisotopic (exact) mass is 534 g/mol. The lowest BCUT2D eigenvalue weighted by molar-refractivity contribution is 0.0263. The summed E-state index contributed by atoms with van der Waals surface area (Å²) in [5.74, 6) is 1.85. The minimum Gasteiger partial charge on any atom is -0.492 e. The lowest BCUT2D eigenvalue weighted by Crippen LogP contribution is -2.46. The number of nitrogens with one attached hydrogen (secondary N) is 1. The summed E-state index contributed by atoms with van der Waals surface area (Å²) in [6.45, 7) is 8.71. The number of hydrogen-bond acceptors (Lipinski definition) is 5. The molecule has 0 amide bonds. The van der Waals surface area contributed by atoms with Crippen LogP contribution in [0, 0.1) is 0 Å². The fourth-order valence-electron chi connectivity index (χ4n) is 3.41. The van der Waals surface area contributed by atoms with Crippen LogP contribution < -0.4 is 10.1 Å². The number of guanidine groups is 1. The quantitative estimate of drug-likeness (QED) is 0.268. The standard InChI is InChI=1S/C22H38N4O3.HI/c1-5-28-20-9-11-26(12-10-20)22(23-2)24-18-19-7-6-8-21(17-19)29-16-14-25(3)13-15-27-4;/h6-8,17,20H,5,9-16,18H2,1-4H3,(H,23,24);1H. The topological polar surface area (TPSA) is 58.6 Å². The minimum absolute atomic E-state index is 0. The molecule has 0 atom stereocenters. The summed E-state index contributed by atoms with van der Waals surface area (Å²) in [6.07, 6.45) is 2.49. The van der Waals surface area contributed by atoms with Gasteiger partial charge >= 0.3 is 0 Å². The molecule has 0 aliphatic carbocycles. The lowest BCUT2D eigenvalue weighted by atomic mass is 10.1. The second-order valence-corrected chi connectivity index (χ2v) is 7.33. The Bertz CT molecular complexity index is 610. The number of ether oxygens (including phenoxy) is 3. The van der Waals surface area contributed by atoms with E-state index in [4.69, 9.17) is 14.2 Å². The molecule has 1 saturated heterocycles. The van der Waals surface area contributed by atoms with Gasteiger partial charge in [0.1, 0.15) is 12.4 Å². The van der Waals surface area contributed by atoms with Crippen LogP contribution in [-0.4, -0.2) is 89.1 Å². The van der Waals surface area contributed by atoms with Crippen molar-refractivity contribution < 1.29 is 14.2 Å². The van der Waals surface area contributed by atoms with Crippen LogP contribution in [0.4, 0.5) is 0 Å². The van der Waals surface area contributed by atoms with Crippen LogP contribution in [-0.2, 0) is 16.0 Å².